The van der Waals surface area contributed by atoms with Gasteiger partial charge in [-0.1, -0.05) is 42.4 Å². The normalized spacial score (nSPS) is 27.6. The second-order valence-electron chi connectivity index (χ2n) is 7.30. The average molecular weight is 296 g/mol. The Balaban J connectivity index is 0.000000133. The quantitative estimate of drug-likeness (QED) is 0.486. The zero-order valence-corrected chi connectivity index (χ0v) is 14.2. The van der Waals surface area contributed by atoms with Gasteiger partial charge in [0.1, 0.15) is 0 Å². The maximum atomic E-state index is 2.47. The Kier molecular flexibility index (Phi) is 6.16. The molecule has 1 atom stereocenters. The van der Waals surface area contributed by atoms with E-state index in [4.69, 9.17) is 0 Å². The van der Waals surface area contributed by atoms with Gasteiger partial charge in [0, 0.05) is 0 Å². The summed E-state index contributed by atoms with van der Waals surface area (Å²) < 4.78 is 0. The van der Waals surface area contributed by atoms with E-state index in [2.05, 4.69) is 30.4 Å². The van der Waals surface area contributed by atoms with E-state index in [-0.39, 0.29) is 0 Å². The summed E-state index contributed by atoms with van der Waals surface area (Å²) in [5.74, 6) is 0.929. The lowest BCUT2D eigenvalue weighted by atomic mass is 9.80. The molecular weight excluding hydrogens is 264 g/mol. The van der Waals surface area contributed by atoms with Crippen LogP contribution in [-0.2, 0) is 0 Å². The zero-order valence-electron chi connectivity index (χ0n) is 14.2. The van der Waals surface area contributed by atoms with Crippen LogP contribution in [0, 0.1) is 5.92 Å². The van der Waals surface area contributed by atoms with Crippen LogP contribution in [0.4, 0.5) is 0 Å². The van der Waals surface area contributed by atoms with Crippen LogP contribution in [0.1, 0.15) is 83.5 Å². The van der Waals surface area contributed by atoms with Gasteiger partial charge < -0.3 is 0 Å². The molecule has 0 aromatic rings. The van der Waals surface area contributed by atoms with Crippen molar-refractivity contribution in [1.82, 2.24) is 0 Å². The van der Waals surface area contributed by atoms with Crippen LogP contribution in [0.5, 0.6) is 0 Å². The van der Waals surface area contributed by atoms with Gasteiger partial charge in [-0.2, -0.15) is 0 Å². The third-order valence-corrected chi connectivity index (χ3v) is 5.65. The third kappa shape index (κ3) is 4.48. The van der Waals surface area contributed by atoms with E-state index >= 15 is 0 Å². The van der Waals surface area contributed by atoms with Crippen molar-refractivity contribution in [1.29, 1.82) is 0 Å². The smallest absolute Gasteiger partial charge is 0.0165 e. The van der Waals surface area contributed by atoms with E-state index < -0.39 is 0 Å². The van der Waals surface area contributed by atoms with Gasteiger partial charge in [0.05, 0.1) is 0 Å². The first-order chi connectivity index (χ1) is 10.9. The maximum absolute atomic E-state index is 2.47. The molecule has 0 radical (unpaired) electrons. The van der Waals surface area contributed by atoms with Crippen LogP contribution in [0.3, 0.4) is 0 Å². The standard InChI is InChI=1S/C12H18.C10H14/c1-3-7-11(8-4-1)12-9-5-2-6-10-12;1-2-6-10-8-4-3-7-9(10)5-1/h7,9H,1-6,8,10H2;1-2,5,10H,3-4,6-8H2. The van der Waals surface area contributed by atoms with Gasteiger partial charge in [0.25, 0.3) is 0 Å². The molecule has 0 aromatic heterocycles. The molecule has 0 N–H and O–H groups in total. The molecule has 0 saturated heterocycles. The second kappa shape index (κ2) is 8.56. The fourth-order valence-corrected chi connectivity index (χ4v) is 4.29. The third-order valence-electron chi connectivity index (χ3n) is 5.65. The van der Waals surface area contributed by atoms with Crippen LogP contribution >= 0.6 is 0 Å². The highest BCUT2D eigenvalue weighted by Gasteiger charge is 2.18. The lowest BCUT2D eigenvalue weighted by Gasteiger charge is -2.25. The molecule has 0 aromatic carbocycles. The lowest BCUT2D eigenvalue weighted by Crippen LogP contribution is -2.10. The Bertz CT molecular complexity index is 448. The number of fused-ring (bicyclic) bond motifs is 1. The van der Waals surface area contributed by atoms with Crippen LogP contribution < -0.4 is 0 Å². The lowest BCUT2D eigenvalue weighted by molar-refractivity contribution is 0.453. The summed E-state index contributed by atoms with van der Waals surface area (Å²) in [5, 5.41) is 0. The Hall–Kier alpha value is -1.04. The highest BCUT2D eigenvalue weighted by molar-refractivity contribution is 5.32. The summed E-state index contributed by atoms with van der Waals surface area (Å²) in [6, 6.07) is 0. The second-order valence-corrected chi connectivity index (χ2v) is 7.30. The first-order valence-electron chi connectivity index (χ1n) is 9.67. The molecule has 4 aliphatic carbocycles. The molecule has 0 bridgehead atoms. The highest BCUT2D eigenvalue weighted by atomic mass is 14.2. The van der Waals surface area contributed by atoms with Crippen molar-refractivity contribution in [2.45, 2.75) is 83.5 Å². The van der Waals surface area contributed by atoms with Crippen molar-refractivity contribution in [3.05, 3.63) is 47.1 Å². The topological polar surface area (TPSA) is 0 Å². The summed E-state index contributed by atoms with van der Waals surface area (Å²) in [7, 11) is 0. The van der Waals surface area contributed by atoms with Crippen molar-refractivity contribution in [3.63, 3.8) is 0 Å². The summed E-state index contributed by atoms with van der Waals surface area (Å²) in [6.07, 6.45) is 29.8. The molecule has 0 heterocycles. The number of hydrogen-bond donors (Lipinski definition) is 0. The van der Waals surface area contributed by atoms with Crippen LogP contribution in [-0.4, -0.2) is 0 Å². The summed E-state index contributed by atoms with van der Waals surface area (Å²) in [5.41, 5.74) is 5.08. The largest absolute Gasteiger partial charge is 0.0839 e. The minimum Gasteiger partial charge on any atom is -0.0839 e. The fraction of sp³-hybridized carbons (Fsp3) is 0.636. The van der Waals surface area contributed by atoms with Gasteiger partial charge in [-0.15, -0.1) is 0 Å². The van der Waals surface area contributed by atoms with Crippen LogP contribution in [0.2, 0.25) is 0 Å². The van der Waals surface area contributed by atoms with E-state index in [1.165, 1.54) is 83.5 Å². The predicted molar refractivity (Wildman–Crippen MR) is 96.9 cm³/mol. The Morgan fingerprint density at radius 2 is 1.41 bits per heavy atom. The molecule has 4 aliphatic rings. The molecule has 4 rings (SSSR count). The Labute approximate surface area is 137 Å². The van der Waals surface area contributed by atoms with Crippen molar-refractivity contribution in [2.24, 2.45) is 5.92 Å². The molecule has 1 fully saturated rings. The van der Waals surface area contributed by atoms with Gasteiger partial charge in [-0.3, -0.25) is 0 Å². The minimum absolute atomic E-state index is 0.929. The average Bonchev–Trinajstić information content (AvgIpc) is 2.64. The molecule has 0 amide bonds. The predicted octanol–water partition coefficient (Wildman–Crippen LogP) is 7.05. The van der Waals surface area contributed by atoms with Crippen molar-refractivity contribution < 1.29 is 0 Å². The first-order valence-corrected chi connectivity index (χ1v) is 9.67. The highest BCUT2D eigenvalue weighted by Crippen LogP contribution is 2.34. The van der Waals surface area contributed by atoms with Gasteiger partial charge in [0.2, 0.25) is 0 Å². The van der Waals surface area contributed by atoms with Gasteiger partial charge in [-0.05, 0) is 94.1 Å². The molecule has 0 spiro atoms. The summed E-state index contributed by atoms with van der Waals surface area (Å²) in [6.45, 7) is 0. The molecule has 0 heteroatoms. The molecule has 1 saturated carbocycles. The molecule has 0 nitrogen and oxygen atoms in total. The molecule has 0 aliphatic heterocycles. The van der Waals surface area contributed by atoms with Crippen molar-refractivity contribution in [2.75, 3.05) is 0 Å². The molecule has 1 unspecified atom stereocenters. The van der Waals surface area contributed by atoms with E-state index in [0.29, 0.717) is 0 Å². The van der Waals surface area contributed by atoms with E-state index in [0.717, 1.165) is 5.92 Å². The number of allylic oxidation sites excluding steroid dienone is 8. The van der Waals surface area contributed by atoms with Crippen LogP contribution in [0.15, 0.2) is 47.1 Å². The van der Waals surface area contributed by atoms with E-state index in [9.17, 15) is 0 Å². The number of rotatable bonds is 1. The van der Waals surface area contributed by atoms with Crippen molar-refractivity contribution in [3.8, 4) is 0 Å². The summed E-state index contributed by atoms with van der Waals surface area (Å²) >= 11 is 0. The van der Waals surface area contributed by atoms with Crippen LogP contribution in [0.25, 0.3) is 0 Å². The number of hydrogen-bond acceptors (Lipinski definition) is 0. The summed E-state index contributed by atoms with van der Waals surface area (Å²) in [4.78, 5) is 0. The van der Waals surface area contributed by atoms with Gasteiger partial charge in [-0.25, -0.2) is 0 Å². The molecular formula is C22H32. The molecule has 22 heavy (non-hydrogen) atoms. The zero-order chi connectivity index (χ0) is 15.0. The SMILES string of the molecule is C1=C(C2=CCCCC2)CCCC1.C1=CCC2CCCCC2=C1. The maximum Gasteiger partial charge on any atom is -0.0165 e. The fourth-order valence-electron chi connectivity index (χ4n) is 4.29. The molecule has 120 valence electrons. The Morgan fingerprint density at radius 1 is 0.727 bits per heavy atom. The van der Waals surface area contributed by atoms with E-state index in [1.807, 2.05) is 0 Å². The van der Waals surface area contributed by atoms with E-state index in [1.54, 1.807) is 16.7 Å². The Morgan fingerprint density at radius 3 is 2.00 bits per heavy atom. The van der Waals surface area contributed by atoms with Gasteiger partial charge in [0.15, 0.2) is 0 Å². The minimum atomic E-state index is 0.929. The van der Waals surface area contributed by atoms with Gasteiger partial charge >= 0.3 is 0 Å². The monoisotopic (exact) mass is 296 g/mol. The van der Waals surface area contributed by atoms with Crippen molar-refractivity contribution >= 4 is 0 Å². The first kappa shape index (κ1) is 15.8.